The van der Waals surface area contributed by atoms with E-state index in [1.165, 1.54) is 16.6 Å². The zero-order chi connectivity index (χ0) is 32.6. The highest BCUT2D eigenvalue weighted by atomic mass is 28.4. The van der Waals surface area contributed by atoms with Crippen LogP contribution in [0.15, 0.2) is 35.9 Å². The van der Waals surface area contributed by atoms with Gasteiger partial charge in [0.05, 0.1) is 6.10 Å². The van der Waals surface area contributed by atoms with Gasteiger partial charge in [-0.1, -0.05) is 59.7 Å². The molecule has 2 fully saturated rings. The van der Waals surface area contributed by atoms with Crippen LogP contribution in [0.1, 0.15) is 91.8 Å². The summed E-state index contributed by atoms with van der Waals surface area (Å²) in [6.07, 6.45) is 4.70. The first kappa shape index (κ1) is 33.1. The summed E-state index contributed by atoms with van der Waals surface area (Å²) >= 11 is 0. The second-order valence-electron chi connectivity index (χ2n) is 15.9. The highest BCUT2D eigenvalue weighted by Gasteiger charge is 2.76. The van der Waals surface area contributed by atoms with Crippen molar-refractivity contribution in [1.29, 1.82) is 0 Å². The van der Waals surface area contributed by atoms with Gasteiger partial charge in [-0.25, -0.2) is 0 Å². The van der Waals surface area contributed by atoms with E-state index in [2.05, 4.69) is 77.0 Å². The summed E-state index contributed by atoms with van der Waals surface area (Å²) in [7, 11) is -1.88. The van der Waals surface area contributed by atoms with Crippen molar-refractivity contribution in [1.82, 2.24) is 4.98 Å². The zero-order valence-corrected chi connectivity index (χ0v) is 30.0. The van der Waals surface area contributed by atoms with Crippen LogP contribution in [-0.2, 0) is 35.3 Å². The second-order valence-corrected chi connectivity index (χ2v) is 20.8. The van der Waals surface area contributed by atoms with Crippen molar-refractivity contribution in [3.63, 3.8) is 0 Å². The van der Waals surface area contributed by atoms with E-state index in [4.69, 9.17) is 18.6 Å². The molecule has 0 amide bonds. The Balaban J connectivity index is 1.41. The maximum Gasteiger partial charge on any atom is 0.194 e. The molecule has 0 radical (unpaired) electrons. The van der Waals surface area contributed by atoms with E-state index in [0.717, 1.165) is 18.4 Å². The molecule has 4 aliphatic rings. The fraction of sp³-hybridized carbons (Fsp3) is 0.703. The quantitative estimate of drug-likeness (QED) is 0.221. The van der Waals surface area contributed by atoms with Crippen molar-refractivity contribution < 1.29 is 28.5 Å². The minimum atomic E-state index is -1.88. The SMILES string of the molecule is CCO[C@@]12CCC3(C)[C@@]4(C)c5[nH]c6ccccc6c5C[C@@H]4C[C@H](OCCCO[Si](C)(C)C(C)(C)C)[C@@]3(O)C1=CC(=O)C(CC)O2. The molecule has 8 heteroatoms. The van der Waals surface area contributed by atoms with E-state index in [1.54, 1.807) is 6.08 Å². The van der Waals surface area contributed by atoms with Crippen LogP contribution in [0.25, 0.3) is 10.9 Å². The smallest absolute Gasteiger partial charge is 0.194 e. The van der Waals surface area contributed by atoms with Gasteiger partial charge in [0.1, 0.15) is 11.7 Å². The first-order chi connectivity index (χ1) is 21.1. The number of ketones is 1. The van der Waals surface area contributed by atoms with Gasteiger partial charge in [-0.3, -0.25) is 4.79 Å². The number of nitrogens with one attached hydrogen (secondary N) is 1. The molecule has 45 heavy (non-hydrogen) atoms. The van der Waals surface area contributed by atoms with Crippen LogP contribution in [0.2, 0.25) is 18.1 Å². The molecule has 7 atom stereocenters. The molecule has 1 aromatic carbocycles. The zero-order valence-electron chi connectivity index (χ0n) is 29.0. The van der Waals surface area contributed by atoms with Crippen LogP contribution in [0, 0.1) is 11.3 Å². The van der Waals surface area contributed by atoms with E-state index in [-0.39, 0.29) is 22.2 Å². The lowest BCUT2D eigenvalue weighted by molar-refractivity contribution is -0.308. The Morgan fingerprint density at radius 1 is 1.11 bits per heavy atom. The van der Waals surface area contributed by atoms with Crippen LogP contribution < -0.4 is 0 Å². The minimum absolute atomic E-state index is 0.105. The van der Waals surface area contributed by atoms with Crippen LogP contribution in [0.5, 0.6) is 0 Å². The van der Waals surface area contributed by atoms with Gasteiger partial charge >= 0.3 is 0 Å². The number of carbonyl (C=O) groups is 1. The first-order valence-electron chi connectivity index (χ1n) is 17.3. The number of para-hydroxylation sites is 1. The Morgan fingerprint density at radius 2 is 1.84 bits per heavy atom. The van der Waals surface area contributed by atoms with E-state index in [9.17, 15) is 9.90 Å². The number of fused-ring (bicyclic) bond motifs is 9. The number of ether oxygens (including phenoxy) is 3. The van der Waals surface area contributed by atoms with E-state index < -0.39 is 37.3 Å². The lowest BCUT2D eigenvalue weighted by Gasteiger charge is -2.68. The summed E-state index contributed by atoms with van der Waals surface area (Å²) < 4.78 is 26.3. The molecular formula is C37H55NO6Si. The third-order valence-corrected chi connectivity index (χ3v) is 17.4. The lowest BCUT2D eigenvalue weighted by Crippen LogP contribution is -2.75. The van der Waals surface area contributed by atoms with Crippen molar-refractivity contribution in [2.24, 2.45) is 11.3 Å². The first-order valence-corrected chi connectivity index (χ1v) is 20.2. The molecular weight excluding hydrogens is 582 g/mol. The second kappa shape index (κ2) is 11.1. The molecule has 2 unspecified atom stereocenters. The number of aliphatic hydroxyl groups is 1. The van der Waals surface area contributed by atoms with Gasteiger partial charge in [0.15, 0.2) is 19.9 Å². The Hall–Kier alpha value is -1.81. The van der Waals surface area contributed by atoms with Gasteiger partial charge in [0.25, 0.3) is 0 Å². The highest BCUT2D eigenvalue weighted by molar-refractivity contribution is 6.74. The topological polar surface area (TPSA) is 90.0 Å². The molecule has 0 saturated heterocycles. The number of carbonyl (C=O) groups excluding carboxylic acids is 1. The molecule has 6 rings (SSSR count). The van der Waals surface area contributed by atoms with Crippen molar-refractivity contribution in [2.75, 3.05) is 19.8 Å². The molecule has 2 aromatic rings. The molecule has 1 aromatic heterocycles. The Labute approximate surface area is 270 Å². The maximum absolute atomic E-state index is 13.5. The highest BCUT2D eigenvalue weighted by Crippen LogP contribution is 2.71. The lowest BCUT2D eigenvalue weighted by atomic mass is 9.41. The minimum Gasteiger partial charge on any atom is -0.417 e. The normalized spacial score (nSPS) is 36.4. The molecule has 2 heterocycles. The fourth-order valence-electron chi connectivity index (χ4n) is 9.08. The van der Waals surface area contributed by atoms with Crippen LogP contribution in [0.4, 0.5) is 0 Å². The van der Waals surface area contributed by atoms with Gasteiger partial charge in [0, 0.05) is 59.2 Å². The van der Waals surface area contributed by atoms with Crippen LogP contribution in [-0.4, -0.2) is 67.6 Å². The number of benzene rings is 1. The molecule has 2 N–H and O–H groups in total. The predicted octanol–water partition coefficient (Wildman–Crippen LogP) is 7.37. The molecule has 2 saturated carbocycles. The molecule has 7 nitrogen and oxygen atoms in total. The summed E-state index contributed by atoms with van der Waals surface area (Å²) in [5.74, 6) is -0.992. The number of hydrogen-bond acceptors (Lipinski definition) is 6. The average Bonchev–Trinajstić information content (AvgIpc) is 3.49. The van der Waals surface area contributed by atoms with Gasteiger partial charge in [-0.05, 0) is 80.8 Å². The summed E-state index contributed by atoms with van der Waals surface area (Å²) in [6, 6.07) is 8.53. The standard InChI is InChI=1S/C37H55NO6Si/c1-10-29-28(39)23-30-36(44-29,42-11-2)18-17-34(6)35(7)24(21-26-25-15-12-13-16-27(25)38-32(26)35)22-31(37(30,34)40)41-19-14-20-43-45(8,9)33(3,4)5/h12-13,15-16,23-24,29,31,38,40H,10-11,14,17-22H2,1-9H3/t24-,29?,31+,34?,35-,36-,37+/m1/s1. The third kappa shape index (κ3) is 4.64. The van der Waals surface area contributed by atoms with Gasteiger partial charge < -0.3 is 28.7 Å². The molecule has 3 aliphatic carbocycles. The van der Waals surface area contributed by atoms with E-state index in [0.29, 0.717) is 51.1 Å². The van der Waals surface area contributed by atoms with Crippen molar-refractivity contribution in [3.05, 3.63) is 47.2 Å². The Kier molecular flexibility index (Phi) is 8.19. The molecule has 0 spiro atoms. The average molecular weight is 638 g/mol. The number of H-pyrrole nitrogens is 1. The van der Waals surface area contributed by atoms with Crippen molar-refractivity contribution in [3.8, 4) is 0 Å². The predicted molar refractivity (Wildman–Crippen MR) is 180 cm³/mol. The van der Waals surface area contributed by atoms with Crippen LogP contribution >= 0.6 is 0 Å². The van der Waals surface area contributed by atoms with Gasteiger partial charge in [-0.2, -0.15) is 0 Å². The molecule has 0 bridgehead atoms. The number of rotatable bonds is 9. The van der Waals surface area contributed by atoms with Gasteiger partial charge in [0.2, 0.25) is 0 Å². The van der Waals surface area contributed by atoms with Gasteiger partial charge in [-0.15, -0.1) is 0 Å². The number of hydrogen-bond donors (Lipinski definition) is 2. The summed E-state index contributed by atoms with van der Waals surface area (Å²) in [5.41, 5.74) is 1.72. The summed E-state index contributed by atoms with van der Waals surface area (Å²) in [5, 5.41) is 14.9. The number of aromatic amines is 1. The summed E-state index contributed by atoms with van der Waals surface area (Å²) in [4.78, 5) is 17.3. The third-order valence-electron chi connectivity index (χ3n) is 12.9. The Morgan fingerprint density at radius 3 is 2.53 bits per heavy atom. The number of aromatic nitrogens is 1. The largest absolute Gasteiger partial charge is 0.417 e. The fourth-order valence-corrected chi connectivity index (χ4v) is 10.2. The van der Waals surface area contributed by atoms with Crippen molar-refractivity contribution >= 4 is 25.0 Å². The Bertz CT molecular complexity index is 1490. The summed E-state index contributed by atoms with van der Waals surface area (Å²) in [6.45, 7) is 21.3. The maximum atomic E-state index is 13.5. The monoisotopic (exact) mass is 637 g/mol. The van der Waals surface area contributed by atoms with E-state index >= 15 is 0 Å². The van der Waals surface area contributed by atoms with Crippen LogP contribution in [0.3, 0.4) is 0 Å². The molecule has 248 valence electrons. The van der Waals surface area contributed by atoms with Crippen molar-refractivity contribution in [2.45, 2.75) is 134 Å². The van der Waals surface area contributed by atoms with E-state index in [1.807, 2.05) is 13.8 Å². The molecule has 1 aliphatic heterocycles.